The molecule has 0 radical (unpaired) electrons. The molecule has 2 aromatic carbocycles. The predicted molar refractivity (Wildman–Crippen MR) is 90.6 cm³/mol. The van der Waals surface area contributed by atoms with Crippen LogP contribution < -0.4 is 10.2 Å². The average Bonchev–Trinajstić information content (AvgIpc) is 2.95. The minimum absolute atomic E-state index is 0.00832. The highest BCUT2D eigenvalue weighted by atomic mass is 35.5. The number of rotatable bonds is 4. The summed E-state index contributed by atoms with van der Waals surface area (Å²) < 4.78 is 13.0. The molecule has 6 heteroatoms. The molecule has 1 heterocycles. The summed E-state index contributed by atoms with van der Waals surface area (Å²) in [6, 6.07) is 12.6. The van der Waals surface area contributed by atoms with Crippen LogP contribution in [0.3, 0.4) is 0 Å². The van der Waals surface area contributed by atoms with Gasteiger partial charge in [0.1, 0.15) is 5.82 Å². The molecule has 1 N–H and O–H groups in total. The van der Waals surface area contributed by atoms with E-state index >= 15 is 0 Å². The first kappa shape index (κ1) is 16.5. The predicted octanol–water partition coefficient (Wildman–Crippen LogP) is 3.26. The monoisotopic (exact) mass is 346 g/mol. The van der Waals surface area contributed by atoms with Crippen molar-refractivity contribution in [3.8, 4) is 0 Å². The molecule has 3 rings (SSSR count). The van der Waals surface area contributed by atoms with Crippen LogP contribution in [0, 0.1) is 11.7 Å². The molecule has 0 bridgehead atoms. The highest BCUT2D eigenvalue weighted by Gasteiger charge is 2.30. The lowest BCUT2D eigenvalue weighted by molar-refractivity contribution is -0.117. The second-order valence-corrected chi connectivity index (χ2v) is 6.15. The summed E-state index contributed by atoms with van der Waals surface area (Å²) >= 11 is 6.00. The zero-order valence-electron chi connectivity index (χ0n) is 12.8. The normalized spacial score (nSPS) is 17.2. The Morgan fingerprint density at radius 2 is 1.92 bits per heavy atom. The molecular weight excluding hydrogens is 331 g/mol. The minimum atomic E-state index is -0.339. The third-order valence-electron chi connectivity index (χ3n) is 4.01. The van der Waals surface area contributed by atoms with Crippen LogP contribution >= 0.6 is 11.6 Å². The lowest BCUT2D eigenvalue weighted by atomic mass is 10.1. The quantitative estimate of drug-likeness (QED) is 0.923. The van der Waals surface area contributed by atoms with Crippen LogP contribution in [0.5, 0.6) is 0 Å². The molecule has 0 aliphatic carbocycles. The van der Waals surface area contributed by atoms with E-state index in [2.05, 4.69) is 5.32 Å². The first-order chi connectivity index (χ1) is 11.5. The van der Waals surface area contributed by atoms with Gasteiger partial charge in [-0.3, -0.25) is 9.59 Å². The average molecular weight is 347 g/mol. The standard InChI is InChI=1S/C18H16ClFN2O2/c19-16-4-2-1-3-15(16)18(24)21-10-12-9-17(23)22(11-12)14-7-5-13(20)6-8-14/h1-8,12H,9-11H2,(H,21,24). The molecule has 0 spiro atoms. The van der Waals surface area contributed by atoms with Gasteiger partial charge in [0.05, 0.1) is 10.6 Å². The van der Waals surface area contributed by atoms with Crippen molar-refractivity contribution < 1.29 is 14.0 Å². The third kappa shape index (κ3) is 3.57. The van der Waals surface area contributed by atoms with Gasteiger partial charge < -0.3 is 10.2 Å². The Bertz CT molecular complexity index is 764. The summed E-state index contributed by atoms with van der Waals surface area (Å²) in [6.07, 6.45) is 0.347. The molecule has 2 aromatic rings. The van der Waals surface area contributed by atoms with E-state index in [1.165, 1.54) is 12.1 Å². The first-order valence-electron chi connectivity index (χ1n) is 7.63. The van der Waals surface area contributed by atoms with Gasteiger partial charge in [0.15, 0.2) is 0 Å². The Labute approximate surface area is 144 Å². The zero-order chi connectivity index (χ0) is 17.1. The zero-order valence-corrected chi connectivity index (χ0v) is 13.6. The molecule has 1 fully saturated rings. The molecule has 124 valence electrons. The van der Waals surface area contributed by atoms with Crippen molar-refractivity contribution >= 4 is 29.1 Å². The van der Waals surface area contributed by atoms with Gasteiger partial charge in [-0.25, -0.2) is 4.39 Å². The van der Waals surface area contributed by atoms with E-state index in [-0.39, 0.29) is 23.5 Å². The van der Waals surface area contributed by atoms with Gasteiger partial charge in [-0.15, -0.1) is 0 Å². The van der Waals surface area contributed by atoms with Crippen molar-refractivity contribution in [2.75, 3.05) is 18.0 Å². The summed E-state index contributed by atoms with van der Waals surface area (Å²) in [5.74, 6) is -0.616. The van der Waals surface area contributed by atoms with Gasteiger partial charge in [-0.2, -0.15) is 0 Å². The Morgan fingerprint density at radius 3 is 2.62 bits per heavy atom. The Hall–Kier alpha value is -2.40. The van der Waals surface area contributed by atoms with Gasteiger partial charge in [-0.1, -0.05) is 23.7 Å². The van der Waals surface area contributed by atoms with E-state index < -0.39 is 0 Å². The second-order valence-electron chi connectivity index (χ2n) is 5.74. The molecule has 0 aromatic heterocycles. The molecule has 1 atom stereocenters. The largest absolute Gasteiger partial charge is 0.352 e. The van der Waals surface area contributed by atoms with Crippen LogP contribution in [0.25, 0.3) is 0 Å². The van der Waals surface area contributed by atoms with Crippen LogP contribution in [0.4, 0.5) is 10.1 Å². The van der Waals surface area contributed by atoms with Gasteiger partial charge in [0, 0.05) is 31.1 Å². The molecule has 4 nitrogen and oxygen atoms in total. The SMILES string of the molecule is O=C(NCC1CC(=O)N(c2ccc(F)cc2)C1)c1ccccc1Cl. The Morgan fingerprint density at radius 1 is 1.21 bits per heavy atom. The number of amides is 2. The maximum atomic E-state index is 13.0. The number of benzene rings is 2. The summed E-state index contributed by atoms with van der Waals surface area (Å²) in [6.45, 7) is 0.876. The fraction of sp³-hybridized carbons (Fsp3) is 0.222. The van der Waals surface area contributed by atoms with Crippen molar-refractivity contribution in [3.63, 3.8) is 0 Å². The van der Waals surface area contributed by atoms with Crippen LogP contribution in [0.15, 0.2) is 48.5 Å². The lowest BCUT2D eigenvalue weighted by Gasteiger charge is -2.17. The molecule has 24 heavy (non-hydrogen) atoms. The maximum absolute atomic E-state index is 13.0. The summed E-state index contributed by atoms with van der Waals surface area (Å²) in [5, 5.41) is 3.22. The van der Waals surface area contributed by atoms with Crippen molar-refractivity contribution in [2.45, 2.75) is 6.42 Å². The van der Waals surface area contributed by atoms with Crippen LogP contribution in [-0.4, -0.2) is 24.9 Å². The van der Waals surface area contributed by atoms with E-state index in [9.17, 15) is 14.0 Å². The Kier molecular flexibility index (Phi) is 4.81. The van der Waals surface area contributed by atoms with Crippen molar-refractivity contribution in [2.24, 2.45) is 5.92 Å². The maximum Gasteiger partial charge on any atom is 0.252 e. The molecule has 1 aliphatic heterocycles. The first-order valence-corrected chi connectivity index (χ1v) is 8.01. The lowest BCUT2D eigenvalue weighted by Crippen LogP contribution is -2.31. The summed E-state index contributed by atoms with van der Waals surface area (Å²) in [7, 11) is 0. The van der Waals surface area contributed by atoms with Gasteiger partial charge in [-0.05, 0) is 36.4 Å². The van der Waals surface area contributed by atoms with Crippen LogP contribution in [0.2, 0.25) is 5.02 Å². The summed E-state index contributed by atoms with van der Waals surface area (Å²) in [5.41, 5.74) is 1.08. The number of halogens is 2. The third-order valence-corrected chi connectivity index (χ3v) is 4.34. The topological polar surface area (TPSA) is 49.4 Å². The van der Waals surface area contributed by atoms with Crippen LogP contribution in [-0.2, 0) is 4.79 Å². The number of hydrogen-bond acceptors (Lipinski definition) is 2. The van der Waals surface area contributed by atoms with E-state index in [1.807, 2.05) is 0 Å². The van der Waals surface area contributed by atoms with E-state index in [0.29, 0.717) is 35.8 Å². The molecule has 0 saturated carbocycles. The van der Waals surface area contributed by atoms with Crippen molar-refractivity contribution in [3.05, 3.63) is 64.9 Å². The fourth-order valence-corrected chi connectivity index (χ4v) is 2.99. The molecule has 1 aliphatic rings. The molecule has 2 amide bonds. The van der Waals surface area contributed by atoms with Crippen molar-refractivity contribution in [1.82, 2.24) is 5.32 Å². The van der Waals surface area contributed by atoms with Crippen LogP contribution in [0.1, 0.15) is 16.8 Å². The van der Waals surface area contributed by atoms with Gasteiger partial charge in [0.25, 0.3) is 5.91 Å². The Balaban J connectivity index is 1.59. The number of nitrogens with one attached hydrogen (secondary N) is 1. The highest BCUT2D eigenvalue weighted by molar-refractivity contribution is 6.33. The number of carbonyl (C=O) groups excluding carboxylic acids is 2. The van der Waals surface area contributed by atoms with Gasteiger partial charge >= 0.3 is 0 Å². The molecule has 1 saturated heterocycles. The van der Waals surface area contributed by atoms with E-state index in [4.69, 9.17) is 11.6 Å². The smallest absolute Gasteiger partial charge is 0.252 e. The highest BCUT2D eigenvalue weighted by Crippen LogP contribution is 2.25. The minimum Gasteiger partial charge on any atom is -0.352 e. The molecule has 1 unspecified atom stereocenters. The van der Waals surface area contributed by atoms with Crippen molar-refractivity contribution in [1.29, 1.82) is 0 Å². The summed E-state index contributed by atoms with van der Waals surface area (Å²) in [4.78, 5) is 25.9. The fourth-order valence-electron chi connectivity index (χ4n) is 2.77. The van der Waals surface area contributed by atoms with E-state index in [0.717, 1.165) is 0 Å². The molecular formula is C18H16ClFN2O2. The second kappa shape index (κ2) is 7.01. The number of nitrogens with zero attached hydrogens (tertiary/aromatic N) is 1. The number of anilines is 1. The van der Waals surface area contributed by atoms with E-state index in [1.54, 1.807) is 41.3 Å². The number of carbonyl (C=O) groups is 2. The van der Waals surface area contributed by atoms with Gasteiger partial charge in [0.2, 0.25) is 5.91 Å². The number of hydrogen-bond donors (Lipinski definition) is 1.